The number of Topliss-reactive ketones (excluding diaryl/α,β-unsaturated/α-hetero) is 1. The molecule has 1 atom stereocenters. The molecule has 0 radical (unpaired) electrons. The van der Waals surface area contributed by atoms with Gasteiger partial charge in [-0.25, -0.2) is 0 Å². The highest BCUT2D eigenvalue weighted by Crippen LogP contribution is 2.43. The number of aliphatic hydroxyl groups excluding tert-OH is 1. The number of benzene rings is 2. The van der Waals surface area contributed by atoms with Crippen molar-refractivity contribution in [1.29, 1.82) is 0 Å². The SMILES string of the molecule is COc1cccc(C2C(C(=O)CC(C)C)=C(O)C(=O)N2c2cccc(OC(F)(F)F)c2)c1. The minimum absolute atomic E-state index is 0.0310. The van der Waals surface area contributed by atoms with Crippen LogP contribution in [0.1, 0.15) is 31.9 Å². The first-order chi connectivity index (χ1) is 15.0. The Balaban J connectivity index is 2.13. The van der Waals surface area contributed by atoms with Crippen LogP contribution < -0.4 is 14.4 Å². The van der Waals surface area contributed by atoms with Crippen molar-refractivity contribution in [3.63, 3.8) is 0 Å². The summed E-state index contributed by atoms with van der Waals surface area (Å²) in [6.45, 7) is 3.64. The van der Waals surface area contributed by atoms with Gasteiger partial charge in [0.15, 0.2) is 11.5 Å². The topological polar surface area (TPSA) is 76.1 Å². The Morgan fingerprint density at radius 1 is 1.12 bits per heavy atom. The molecule has 1 aliphatic rings. The highest BCUT2D eigenvalue weighted by Gasteiger charge is 2.44. The van der Waals surface area contributed by atoms with Gasteiger partial charge in [0, 0.05) is 18.2 Å². The summed E-state index contributed by atoms with van der Waals surface area (Å²) in [5.74, 6) is -2.18. The summed E-state index contributed by atoms with van der Waals surface area (Å²) in [6.07, 6.45) is -4.84. The van der Waals surface area contributed by atoms with Gasteiger partial charge in [0.2, 0.25) is 0 Å². The number of carbonyl (C=O) groups is 2. The normalized spacial score (nSPS) is 16.7. The molecule has 6 nitrogen and oxygen atoms in total. The maximum absolute atomic E-state index is 13.0. The van der Waals surface area contributed by atoms with E-state index in [1.807, 2.05) is 13.8 Å². The number of anilines is 1. The third kappa shape index (κ3) is 4.87. The molecule has 0 fully saturated rings. The summed E-state index contributed by atoms with van der Waals surface area (Å²) in [7, 11) is 1.45. The Hall–Kier alpha value is -3.49. The molecule has 1 amide bonds. The molecule has 0 bridgehead atoms. The Labute approximate surface area is 182 Å². The van der Waals surface area contributed by atoms with Crippen molar-refractivity contribution < 1.29 is 37.3 Å². The van der Waals surface area contributed by atoms with Crippen LogP contribution in [0.25, 0.3) is 0 Å². The molecule has 1 aliphatic heterocycles. The fraction of sp³-hybridized carbons (Fsp3) is 0.304. The molecular formula is C23H22F3NO5. The maximum atomic E-state index is 13.0. The molecule has 0 saturated heterocycles. The number of halogens is 3. The molecule has 32 heavy (non-hydrogen) atoms. The third-order valence-electron chi connectivity index (χ3n) is 4.84. The van der Waals surface area contributed by atoms with Gasteiger partial charge in [-0.15, -0.1) is 13.2 Å². The van der Waals surface area contributed by atoms with Gasteiger partial charge in [0.1, 0.15) is 11.5 Å². The van der Waals surface area contributed by atoms with E-state index in [2.05, 4.69) is 4.74 Å². The average molecular weight is 449 g/mol. The average Bonchev–Trinajstić information content (AvgIpc) is 2.97. The molecule has 2 aromatic carbocycles. The number of aliphatic hydroxyl groups is 1. The van der Waals surface area contributed by atoms with Crippen molar-refractivity contribution in [3.05, 3.63) is 65.4 Å². The van der Waals surface area contributed by atoms with Crippen molar-refractivity contribution in [1.82, 2.24) is 0 Å². The third-order valence-corrected chi connectivity index (χ3v) is 4.84. The largest absolute Gasteiger partial charge is 0.573 e. The monoisotopic (exact) mass is 449 g/mol. The number of ether oxygens (including phenoxy) is 2. The van der Waals surface area contributed by atoms with E-state index in [1.54, 1.807) is 24.3 Å². The van der Waals surface area contributed by atoms with E-state index in [9.17, 15) is 27.9 Å². The zero-order chi connectivity index (χ0) is 23.6. The Kier molecular flexibility index (Phi) is 6.47. The van der Waals surface area contributed by atoms with Gasteiger partial charge < -0.3 is 14.6 Å². The number of alkyl halides is 3. The van der Waals surface area contributed by atoms with Crippen molar-refractivity contribution >= 4 is 17.4 Å². The van der Waals surface area contributed by atoms with Gasteiger partial charge in [-0.1, -0.05) is 32.0 Å². The van der Waals surface area contributed by atoms with Gasteiger partial charge >= 0.3 is 6.36 Å². The Morgan fingerprint density at radius 3 is 2.41 bits per heavy atom. The number of rotatable bonds is 7. The van der Waals surface area contributed by atoms with E-state index in [0.717, 1.165) is 17.0 Å². The summed E-state index contributed by atoms with van der Waals surface area (Å²) in [5, 5.41) is 10.6. The number of methoxy groups -OCH3 is 1. The summed E-state index contributed by atoms with van der Waals surface area (Å²) in [6, 6.07) is 10.3. The number of hydrogen-bond acceptors (Lipinski definition) is 5. The van der Waals surface area contributed by atoms with Crippen molar-refractivity contribution in [2.24, 2.45) is 5.92 Å². The lowest BCUT2D eigenvalue weighted by molar-refractivity contribution is -0.274. The summed E-state index contributed by atoms with van der Waals surface area (Å²) in [5.41, 5.74) is 0.374. The van der Waals surface area contributed by atoms with Crippen LogP contribution in [0.15, 0.2) is 59.9 Å². The zero-order valence-corrected chi connectivity index (χ0v) is 17.6. The fourth-order valence-corrected chi connectivity index (χ4v) is 3.59. The van der Waals surface area contributed by atoms with E-state index in [1.165, 1.54) is 19.2 Å². The first-order valence-electron chi connectivity index (χ1n) is 9.81. The minimum Gasteiger partial charge on any atom is -0.503 e. The molecule has 2 aromatic rings. The molecule has 1 heterocycles. The molecule has 0 saturated carbocycles. The second kappa shape index (κ2) is 8.94. The molecule has 0 aliphatic carbocycles. The molecule has 0 aromatic heterocycles. The highest BCUT2D eigenvalue weighted by molar-refractivity contribution is 6.16. The first-order valence-corrected chi connectivity index (χ1v) is 9.81. The highest BCUT2D eigenvalue weighted by atomic mass is 19.4. The molecule has 0 spiro atoms. The predicted molar refractivity (Wildman–Crippen MR) is 110 cm³/mol. The Bertz CT molecular complexity index is 1060. The standard InChI is InChI=1S/C23H22F3NO5/c1-13(2)10-18(28)19-20(14-6-4-8-16(11-14)31-3)27(22(30)21(19)29)15-7-5-9-17(12-15)32-23(24,25)26/h4-9,11-13,20,29H,10H2,1-3H3. The molecule has 9 heteroatoms. The van der Waals surface area contributed by atoms with Gasteiger partial charge in [0.05, 0.1) is 18.7 Å². The first kappa shape index (κ1) is 23.2. The maximum Gasteiger partial charge on any atom is 0.573 e. The number of carbonyl (C=O) groups excluding carboxylic acids is 2. The molecular weight excluding hydrogens is 427 g/mol. The van der Waals surface area contributed by atoms with Crippen LogP contribution in [0.2, 0.25) is 0 Å². The smallest absolute Gasteiger partial charge is 0.503 e. The van der Waals surface area contributed by atoms with E-state index >= 15 is 0 Å². The number of nitrogens with zero attached hydrogens (tertiary/aromatic N) is 1. The van der Waals surface area contributed by atoms with Gasteiger partial charge in [-0.05, 0) is 35.7 Å². The number of hydrogen-bond donors (Lipinski definition) is 1. The molecule has 1 N–H and O–H groups in total. The van der Waals surface area contributed by atoms with Crippen molar-refractivity contribution in [2.75, 3.05) is 12.0 Å². The number of amides is 1. The lowest BCUT2D eigenvalue weighted by atomic mass is 9.92. The lowest BCUT2D eigenvalue weighted by Crippen LogP contribution is -2.31. The van der Waals surface area contributed by atoms with Gasteiger partial charge in [-0.3, -0.25) is 14.5 Å². The Morgan fingerprint density at radius 2 is 1.78 bits per heavy atom. The van der Waals surface area contributed by atoms with Crippen LogP contribution in [0, 0.1) is 5.92 Å². The van der Waals surface area contributed by atoms with E-state index in [-0.39, 0.29) is 23.6 Å². The minimum atomic E-state index is -4.92. The summed E-state index contributed by atoms with van der Waals surface area (Å²) in [4.78, 5) is 27.1. The quantitative estimate of drug-likeness (QED) is 0.636. The van der Waals surface area contributed by atoms with Crippen LogP contribution in [0.4, 0.5) is 18.9 Å². The van der Waals surface area contributed by atoms with Crippen LogP contribution in [0.3, 0.4) is 0 Å². The van der Waals surface area contributed by atoms with Crippen LogP contribution >= 0.6 is 0 Å². The van der Waals surface area contributed by atoms with Crippen molar-refractivity contribution in [2.45, 2.75) is 32.7 Å². The second-order valence-corrected chi connectivity index (χ2v) is 7.68. The van der Waals surface area contributed by atoms with Crippen LogP contribution in [-0.2, 0) is 9.59 Å². The lowest BCUT2D eigenvalue weighted by Gasteiger charge is -2.27. The fourth-order valence-electron chi connectivity index (χ4n) is 3.59. The van der Waals surface area contributed by atoms with Crippen molar-refractivity contribution in [3.8, 4) is 11.5 Å². The molecule has 1 unspecified atom stereocenters. The van der Waals surface area contributed by atoms with Gasteiger partial charge in [0.25, 0.3) is 5.91 Å². The molecule has 3 rings (SSSR count). The predicted octanol–water partition coefficient (Wildman–Crippen LogP) is 5.11. The summed E-state index contributed by atoms with van der Waals surface area (Å²) < 4.78 is 47.3. The molecule has 170 valence electrons. The summed E-state index contributed by atoms with van der Waals surface area (Å²) >= 11 is 0. The van der Waals surface area contributed by atoms with E-state index in [4.69, 9.17) is 4.74 Å². The zero-order valence-electron chi connectivity index (χ0n) is 17.6. The van der Waals surface area contributed by atoms with Crippen LogP contribution in [0.5, 0.6) is 11.5 Å². The van der Waals surface area contributed by atoms with E-state index < -0.39 is 35.6 Å². The second-order valence-electron chi connectivity index (χ2n) is 7.68. The number of ketones is 1. The van der Waals surface area contributed by atoms with E-state index in [0.29, 0.717) is 11.3 Å². The van der Waals surface area contributed by atoms with Crippen LogP contribution in [-0.4, -0.2) is 30.3 Å². The van der Waals surface area contributed by atoms with Gasteiger partial charge in [-0.2, -0.15) is 0 Å².